The van der Waals surface area contributed by atoms with Crippen LogP contribution < -0.4 is 0 Å². The molecule has 0 aromatic rings. The Labute approximate surface area is 117 Å². The van der Waals surface area contributed by atoms with Gasteiger partial charge in [0.1, 0.15) is 0 Å². The molecule has 7 nitrogen and oxygen atoms in total. The Bertz CT molecular complexity index is 423. The maximum absolute atomic E-state index is 12.5. The first-order chi connectivity index (χ1) is 9.41. The number of morpholine rings is 1. The van der Waals surface area contributed by atoms with Crippen molar-refractivity contribution in [1.82, 2.24) is 9.80 Å². The molecule has 2 fully saturated rings. The minimum absolute atomic E-state index is 0.00956. The monoisotopic (exact) mass is 284 g/mol. The number of carbonyl (C=O) groups is 3. The van der Waals surface area contributed by atoms with E-state index < -0.39 is 17.9 Å². The molecule has 0 aromatic heterocycles. The molecular formula is C13H20N2O5. The van der Waals surface area contributed by atoms with E-state index in [4.69, 9.17) is 9.84 Å². The molecule has 0 saturated carbocycles. The lowest BCUT2D eigenvalue weighted by atomic mass is 10.1. The summed E-state index contributed by atoms with van der Waals surface area (Å²) >= 11 is 0. The minimum Gasteiger partial charge on any atom is -0.480 e. The van der Waals surface area contributed by atoms with Crippen LogP contribution in [0.4, 0.5) is 0 Å². The third-order valence-corrected chi connectivity index (χ3v) is 3.83. The molecule has 2 rings (SSSR count). The highest BCUT2D eigenvalue weighted by Gasteiger charge is 2.41. The number of amides is 2. The summed E-state index contributed by atoms with van der Waals surface area (Å²) in [5.41, 5.74) is 0. The molecule has 0 aromatic carbocycles. The molecule has 0 spiro atoms. The lowest BCUT2D eigenvalue weighted by Gasteiger charge is -2.34. The molecule has 0 radical (unpaired) electrons. The number of carboxylic acids is 1. The predicted molar refractivity (Wildman–Crippen MR) is 68.9 cm³/mol. The van der Waals surface area contributed by atoms with Crippen molar-refractivity contribution >= 4 is 17.8 Å². The van der Waals surface area contributed by atoms with Gasteiger partial charge in [0.2, 0.25) is 11.8 Å². The van der Waals surface area contributed by atoms with Crippen LogP contribution in [0.25, 0.3) is 0 Å². The third kappa shape index (κ3) is 2.77. The first kappa shape index (κ1) is 14.8. The summed E-state index contributed by atoms with van der Waals surface area (Å²) in [6.07, 6.45) is 0.167. The van der Waals surface area contributed by atoms with Gasteiger partial charge in [-0.3, -0.25) is 9.59 Å². The molecule has 2 aliphatic heterocycles. The van der Waals surface area contributed by atoms with Gasteiger partial charge in [0.05, 0.1) is 19.1 Å². The molecular weight excluding hydrogens is 264 g/mol. The second kappa shape index (κ2) is 5.78. The molecule has 112 valence electrons. The lowest BCUT2D eigenvalue weighted by molar-refractivity contribution is -0.160. The SMILES string of the molecule is CC(C)N1CC(C(=O)N2CCOCC2C(=O)O)CC1=O. The lowest BCUT2D eigenvalue weighted by Crippen LogP contribution is -2.54. The topological polar surface area (TPSA) is 87.2 Å². The van der Waals surface area contributed by atoms with Gasteiger partial charge in [0, 0.05) is 25.6 Å². The number of carbonyl (C=O) groups excluding carboxylic acids is 2. The molecule has 2 heterocycles. The van der Waals surface area contributed by atoms with Crippen molar-refractivity contribution in [2.24, 2.45) is 5.92 Å². The first-order valence-electron chi connectivity index (χ1n) is 6.82. The molecule has 2 amide bonds. The maximum atomic E-state index is 12.5. The normalized spacial score (nSPS) is 27.2. The molecule has 2 aliphatic rings. The number of hydrogen-bond acceptors (Lipinski definition) is 4. The summed E-state index contributed by atoms with van der Waals surface area (Å²) in [4.78, 5) is 38.5. The molecule has 0 aliphatic carbocycles. The van der Waals surface area contributed by atoms with Crippen molar-refractivity contribution in [2.45, 2.75) is 32.4 Å². The van der Waals surface area contributed by atoms with Crippen molar-refractivity contribution in [3.63, 3.8) is 0 Å². The van der Waals surface area contributed by atoms with Crippen molar-refractivity contribution < 1.29 is 24.2 Å². The average molecular weight is 284 g/mol. The van der Waals surface area contributed by atoms with Crippen molar-refractivity contribution in [3.05, 3.63) is 0 Å². The second-order valence-corrected chi connectivity index (χ2v) is 5.50. The summed E-state index contributed by atoms with van der Waals surface area (Å²) in [6, 6.07) is -0.889. The van der Waals surface area contributed by atoms with Crippen LogP contribution in [-0.2, 0) is 19.1 Å². The van der Waals surface area contributed by atoms with Crippen LogP contribution in [0.1, 0.15) is 20.3 Å². The Hall–Kier alpha value is -1.63. The number of aliphatic carboxylic acids is 1. The fourth-order valence-corrected chi connectivity index (χ4v) is 2.70. The zero-order chi connectivity index (χ0) is 14.9. The quantitative estimate of drug-likeness (QED) is 0.759. The maximum Gasteiger partial charge on any atom is 0.328 e. The number of nitrogens with zero attached hydrogens (tertiary/aromatic N) is 2. The van der Waals surface area contributed by atoms with E-state index in [0.29, 0.717) is 13.2 Å². The fraction of sp³-hybridized carbons (Fsp3) is 0.769. The summed E-state index contributed by atoms with van der Waals surface area (Å²) in [5.74, 6) is -1.80. The van der Waals surface area contributed by atoms with E-state index >= 15 is 0 Å². The number of rotatable bonds is 3. The van der Waals surface area contributed by atoms with E-state index in [1.54, 1.807) is 4.90 Å². The summed E-state index contributed by atoms with van der Waals surface area (Å²) in [5, 5.41) is 9.14. The van der Waals surface area contributed by atoms with Crippen LogP contribution >= 0.6 is 0 Å². The molecule has 2 saturated heterocycles. The average Bonchev–Trinajstić information content (AvgIpc) is 2.80. The highest BCUT2D eigenvalue weighted by Crippen LogP contribution is 2.23. The Balaban J connectivity index is 2.07. The summed E-state index contributed by atoms with van der Waals surface area (Å²) in [6.45, 7) is 4.79. The van der Waals surface area contributed by atoms with E-state index in [9.17, 15) is 14.4 Å². The van der Waals surface area contributed by atoms with Crippen LogP contribution in [0.15, 0.2) is 0 Å². The fourth-order valence-electron chi connectivity index (χ4n) is 2.70. The van der Waals surface area contributed by atoms with Crippen molar-refractivity contribution in [2.75, 3.05) is 26.3 Å². The van der Waals surface area contributed by atoms with Crippen LogP contribution in [0.2, 0.25) is 0 Å². The molecule has 7 heteroatoms. The highest BCUT2D eigenvalue weighted by atomic mass is 16.5. The van der Waals surface area contributed by atoms with Gasteiger partial charge in [0.15, 0.2) is 6.04 Å². The Kier molecular flexibility index (Phi) is 4.27. The molecule has 0 bridgehead atoms. The van der Waals surface area contributed by atoms with Crippen LogP contribution in [0, 0.1) is 5.92 Å². The van der Waals surface area contributed by atoms with Gasteiger partial charge in [-0.1, -0.05) is 0 Å². The van der Waals surface area contributed by atoms with E-state index in [0.717, 1.165) is 0 Å². The number of ether oxygens (including phenoxy) is 1. The van der Waals surface area contributed by atoms with E-state index in [-0.39, 0.29) is 37.4 Å². The number of hydrogen-bond donors (Lipinski definition) is 1. The number of likely N-dealkylation sites (tertiary alicyclic amines) is 1. The minimum atomic E-state index is -1.07. The Morgan fingerprint density at radius 3 is 2.65 bits per heavy atom. The Morgan fingerprint density at radius 2 is 2.10 bits per heavy atom. The second-order valence-electron chi connectivity index (χ2n) is 5.50. The first-order valence-corrected chi connectivity index (χ1v) is 6.82. The van der Waals surface area contributed by atoms with Gasteiger partial charge in [-0.2, -0.15) is 0 Å². The van der Waals surface area contributed by atoms with E-state index in [2.05, 4.69) is 0 Å². The molecule has 20 heavy (non-hydrogen) atoms. The standard InChI is InChI=1S/C13H20N2O5/c1-8(2)15-6-9(5-11(15)16)12(17)14-3-4-20-7-10(14)13(18)19/h8-10H,3-7H2,1-2H3,(H,18,19). The van der Waals surface area contributed by atoms with E-state index in [1.165, 1.54) is 4.90 Å². The largest absolute Gasteiger partial charge is 0.480 e. The zero-order valence-electron chi connectivity index (χ0n) is 11.7. The summed E-state index contributed by atoms with van der Waals surface area (Å²) < 4.78 is 5.11. The number of carboxylic acid groups (broad SMARTS) is 1. The van der Waals surface area contributed by atoms with Crippen LogP contribution in [0.5, 0.6) is 0 Å². The van der Waals surface area contributed by atoms with Gasteiger partial charge in [-0.25, -0.2) is 4.79 Å². The van der Waals surface area contributed by atoms with Gasteiger partial charge >= 0.3 is 5.97 Å². The Morgan fingerprint density at radius 1 is 1.40 bits per heavy atom. The summed E-state index contributed by atoms with van der Waals surface area (Å²) in [7, 11) is 0. The van der Waals surface area contributed by atoms with Crippen molar-refractivity contribution in [3.8, 4) is 0 Å². The molecule has 2 atom stereocenters. The van der Waals surface area contributed by atoms with Crippen molar-refractivity contribution in [1.29, 1.82) is 0 Å². The smallest absolute Gasteiger partial charge is 0.328 e. The van der Waals surface area contributed by atoms with E-state index in [1.807, 2.05) is 13.8 Å². The molecule has 1 N–H and O–H groups in total. The van der Waals surface area contributed by atoms with Crippen LogP contribution in [0.3, 0.4) is 0 Å². The van der Waals surface area contributed by atoms with Gasteiger partial charge in [-0.15, -0.1) is 0 Å². The van der Waals surface area contributed by atoms with Gasteiger partial charge in [-0.05, 0) is 13.8 Å². The van der Waals surface area contributed by atoms with Crippen LogP contribution in [-0.4, -0.2) is 71.1 Å². The molecule has 2 unspecified atom stereocenters. The van der Waals surface area contributed by atoms with Gasteiger partial charge < -0.3 is 19.6 Å². The highest BCUT2D eigenvalue weighted by molar-refractivity contribution is 5.91. The third-order valence-electron chi connectivity index (χ3n) is 3.83. The predicted octanol–water partition coefficient (Wildman–Crippen LogP) is -0.445. The van der Waals surface area contributed by atoms with Gasteiger partial charge in [0.25, 0.3) is 0 Å². The zero-order valence-corrected chi connectivity index (χ0v) is 11.7.